The number of aromatic nitrogens is 2. The van der Waals surface area contributed by atoms with E-state index in [9.17, 15) is 4.79 Å². The Hall–Kier alpha value is -3.29. The number of likely N-dealkylation sites (tertiary alicyclic amines) is 1. The van der Waals surface area contributed by atoms with Crippen LogP contribution in [-0.4, -0.2) is 40.6 Å². The Bertz CT molecular complexity index is 1230. The molecule has 0 radical (unpaired) electrons. The molecule has 2 aromatic carbocycles. The molecule has 1 N–H and O–H groups in total. The van der Waals surface area contributed by atoms with E-state index in [1.54, 1.807) is 0 Å². The standard InChI is InChI=1S/C27H28N4O2S/c1-19-7-9-21(10-8-19)18-31-15-13-20(14-16-31)17-28-26(32)24-12-11-23(34-24)25-29-27(33-30-25)22-5-3-2-4-6-22/h2-12,20H,13-18H2,1H3,(H,28,32). The molecular formula is C27H28N4O2S. The minimum atomic E-state index is -0.0369. The molecule has 2 aromatic heterocycles. The summed E-state index contributed by atoms with van der Waals surface area (Å²) in [6, 6.07) is 22.2. The fraction of sp³-hybridized carbons (Fsp3) is 0.296. The van der Waals surface area contributed by atoms with E-state index in [2.05, 4.69) is 51.5 Å². The average Bonchev–Trinajstić information content (AvgIpc) is 3.56. The van der Waals surface area contributed by atoms with E-state index in [-0.39, 0.29) is 5.91 Å². The second kappa shape index (κ2) is 10.3. The number of amides is 1. The first-order valence-corrected chi connectivity index (χ1v) is 12.5. The third kappa shape index (κ3) is 5.43. The van der Waals surface area contributed by atoms with Crippen molar-refractivity contribution in [2.75, 3.05) is 19.6 Å². The van der Waals surface area contributed by atoms with E-state index in [0.29, 0.717) is 29.1 Å². The fourth-order valence-corrected chi connectivity index (χ4v) is 5.07. The van der Waals surface area contributed by atoms with Crippen molar-refractivity contribution >= 4 is 17.2 Å². The van der Waals surface area contributed by atoms with Crippen LogP contribution < -0.4 is 5.32 Å². The van der Waals surface area contributed by atoms with Gasteiger partial charge in [-0.15, -0.1) is 11.3 Å². The van der Waals surface area contributed by atoms with E-state index in [4.69, 9.17) is 4.52 Å². The highest BCUT2D eigenvalue weighted by Gasteiger charge is 2.21. The highest BCUT2D eigenvalue weighted by Crippen LogP contribution is 2.28. The van der Waals surface area contributed by atoms with Gasteiger partial charge in [0.15, 0.2) is 0 Å². The Balaban J connectivity index is 1.10. The first-order chi connectivity index (χ1) is 16.6. The molecule has 1 amide bonds. The monoisotopic (exact) mass is 472 g/mol. The van der Waals surface area contributed by atoms with Gasteiger partial charge in [0, 0.05) is 18.7 Å². The number of hydrogen-bond donors (Lipinski definition) is 1. The Kier molecular flexibility index (Phi) is 6.83. The van der Waals surface area contributed by atoms with Crippen molar-refractivity contribution in [1.82, 2.24) is 20.4 Å². The number of hydrogen-bond acceptors (Lipinski definition) is 6. The highest BCUT2D eigenvalue weighted by molar-refractivity contribution is 7.17. The number of piperidine rings is 1. The molecule has 4 aromatic rings. The maximum atomic E-state index is 12.7. The zero-order chi connectivity index (χ0) is 23.3. The molecular weight excluding hydrogens is 444 g/mol. The molecule has 0 unspecified atom stereocenters. The van der Waals surface area contributed by atoms with Gasteiger partial charge in [-0.3, -0.25) is 9.69 Å². The lowest BCUT2D eigenvalue weighted by Gasteiger charge is -2.32. The minimum Gasteiger partial charge on any atom is -0.351 e. The number of rotatable bonds is 7. The number of benzene rings is 2. The van der Waals surface area contributed by atoms with E-state index in [0.717, 1.165) is 42.9 Å². The molecule has 0 aliphatic carbocycles. The van der Waals surface area contributed by atoms with Gasteiger partial charge in [-0.1, -0.05) is 53.2 Å². The van der Waals surface area contributed by atoms with Crippen LogP contribution in [0.2, 0.25) is 0 Å². The van der Waals surface area contributed by atoms with E-state index in [1.807, 2.05) is 42.5 Å². The Morgan fingerprint density at radius 2 is 1.82 bits per heavy atom. The van der Waals surface area contributed by atoms with Crippen molar-refractivity contribution in [2.45, 2.75) is 26.3 Å². The summed E-state index contributed by atoms with van der Waals surface area (Å²) in [5, 5.41) is 7.21. The average molecular weight is 473 g/mol. The van der Waals surface area contributed by atoms with Gasteiger partial charge in [0.05, 0.1) is 9.75 Å². The topological polar surface area (TPSA) is 71.3 Å². The summed E-state index contributed by atoms with van der Waals surface area (Å²) >= 11 is 1.39. The van der Waals surface area contributed by atoms with Crippen LogP contribution in [0.15, 0.2) is 71.3 Å². The van der Waals surface area contributed by atoms with Gasteiger partial charge in [-0.2, -0.15) is 4.98 Å². The SMILES string of the molecule is Cc1ccc(CN2CCC(CNC(=O)c3ccc(-c4noc(-c5ccccc5)n4)s3)CC2)cc1. The van der Waals surface area contributed by atoms with Crippen LogP contribution in [0.4, 0.5) is 0 Å². The van der Waals surface area contributed by atoms with Crippen molar-refractivity contribution in [3.05, 3.63) is 82.7 Å². The molecule has 0 bridgehead atoms. The van der Waals surface area contributed by atoms with Crippen molar-refractivity contribution in [3.8, 4) is 22.2 Å². The number of thiophene rings is 1. The summed E-state index contributed by atoms with van der Waals surface area (Å²) in [6.07, 6.45) is 2.21. The lowest BCUT2D eigenvalue weighted by molar-refractivity contribution is 0.0939. The summed E-state index contributed by atoms with van der Waals surface area (Å²) in [4.78, 5) is 21.2. The molecule has 1 aliphatic rings. The fourth-order valence-electron chi connectivity index (χ4n) is 4.23. The summed E-state index contributed by atoms with van der Waals surface area (Å²) in [6.45, 7) is 5.97. The maximum Gasteiger partial charge on any atom is 0.261 e. The van der Waals surface area contributed by atoms with Crippen molar-refractivity contribution in [2.24, 2.45) is 5.92 Å². The van der Waals surface area contributed by atoms with Crippen LogP contribution in [0, 0.1) is 12.8 Å². The van der Waals surface area contributed by atoms with Crippen LogP contribution in [0.1, 0.15) is 33.6 Å². The van der Waals surface area contributed by atoms with Gasteiger partial charge >= 0.3 is 0 Å². The summed E-state index contributed by atoms with van der Waals surface area (Å²) in [7, 11) is 0. The van der Waals surface area contributed by atoms with Gasteiger partial charge in [0.1, 0.15) is 0 Å². The Labute approximate surface area is 203 Å². The number of nitrogens with zero attached hydrogens (tertiary/aromatic N) is 3. The van der Waals surface area contributed by atoms with Crippen molar-refractivity contribution in [1.29, 1.82) is 0 Å². The molecule has 1 saturated heterocycles. The second-order valence-electron chi connectivity index (χ2n) is 8.87. The number of carbonyl (C=O) groups is 1. The van der Waals surface area contributed by atoms with Crippen molar-refractivity contribution < 1.29 is 9.32 Å². The predicted octanol–water partition coefficient (Wildman–Crippen LogP) is 5.42. The third-order valence-electron chi connectivity index (χ3n) is 6.28. The molecule has 1 fully saturated rings. The largest absolute Gasteiger partial charge is 0.351 e. The molecule has 174 valence electrons. The molecule has 3 heterocycles. The second-order valence-corrected chi connectivity index (χ2v) is 9.95. The van der Waals surface area contributed by atoms with Crippen LogP contribution >= 0.6 is 11.3 Å². The lowest BCUT2D eigenvalue weighted by Crippen LogP contribution is -2.38. The molecule has 5 rings (SSSR count). The predicted molar refractivity (Wildman–Crippen MR) is 135 cm³/mol. The zero-order valence-corrected chi connectivity index (χ0v) is 20.1. The number of nitrogens with one attached hydrogen (secondary N) is 1. The van der Waals surface area contributed by atoms with Gasteiger partial charge in [0.25, 0.3) is 11.8 Å². The van der Waals surface area contributed by atoms with Gasteiger partial charge in [-0.25, -0.2) is 0 Å². The van der Waals surface area contributed by atoms with Gasteiger partial charge in [0.2, 0.25) is 5.82 Å². The quantitative estimate of drug-likeness (QED) is 0.389. The van der Waals surface area contributed by atoms with Gasteiger partial charge < -0.3 is 9.84 Å². The van der Waals surface area contributed by atoms with E-state index < -0.39 is 0 Å². The molecule has 0 spiro atoms. The maximum absolute atomic E-state index is 12.7. The van der Waals surface area contributed by atoms with Crippen molar-refractivity contribution in [3.63, 3.8) is 0 Å². The summed E-state index contributed by atoms with van der Waals surface area (Å²) in [5.41, 5.74) is 3.54. The van der Waals surface area contributed by atoms with E-state index in [1.165, 1.54) is 22.5 Å². The van der Waals surface area contributed by atoms with Crippen LogP contribution in [0.3, 0.4) is 0 Å². The van der Waals surface area contributed by atoms with E-state index >= 15 is 0 Å². The molecule has 6 nitrogen and oxygen atoms in total. The number of aryl methyl sites for hydroxylation is 1. The highest BCUT2D eigenvalue weighted by atomic mass is 32.1. The molecule has 34 heavy (non-hydrogen) atoms. The lowest BCUT2D eigenvalue weighted by atomic mass is 9.96. The van der Waals surface area contributed by atoms with Crippen LogP contribution in [-0.2, 0) is 6.54 Å². The Morgan fingerprint density at radius 1 is 1.06 bits per heavy atom. The molecule has 7 heteroatoms. The summed E-state index contributed by atoms with van der Waals surface area (Å²) in [5.74, 6) is 1.46. The first kappa shape index (κ1) is 22.5. The normalized spacial score (nSPS) is 14.9. The first-order valence-electron chi connectivity index (χ1n) is 11.7. The molecule has 1 aliphatic heterocycles. The van der Waals surface area contributed by atoms with Crippen LogP contribution in [0.25, 0.3) is 22.2 Å². The van der Waals surface area contributed by atoms with Crippen LogP contribution in [0.5, 0.6) is 0 Å². The third-order valence-corrected chi connectivity index (χ3v) is 7.36. The minimum absolute atomic E-state index is 0.0369. The van der Waals surface area contributed by atoms with Gasteiger partial charge in [-0.05, 0) is 68.6 Å². The summed E-state index contributed by atoms with van der Waals surface area (Å²) < 4.78 is 5.39. The smallest absolute Gasteiger partial charge is 0.261 e. The molecule has 0 saturated carbocycles. The Morgan fingerprint density at radius 3 is 2.59 bits per heavy atom. The zero-order valence-electron chi connectivity index (χ0n) is 19.2. The molecule has 0 atom stereocenters. The number of carbonyl (C=O) groups excluding carboxylic acids is 1.